The first-order chi connectivity index (χ1) is 13.5. The Morgan fingerprint density at radius 3 is 2.43 bits per heavy atom. The monoisotopic (exact) mass is 381 g/mol. The maximum absolute atomic E-state index is 12.5. The van der Waals surface area contributed by atoms with Crippen molar-refractivity contribution >= 4 is 11.7 Å². The molecule has 9 heteroatoms. The summed E-state index contributed by atoms with van der Waals surface area (Å²) in [6.45, 7) is 1.88. The lowest BCUT2D eigenvalue weighted by Gasteiger charge is -2.25. The highest BCUT2D eigenvalue weighted by Crippen LogP contribution is 2.41. The third kappa shape index (κ3) is 3.00. The third-order valence-electron chi connectivity index (χ3n) is 4.76. The van der Waals surface area contributed by atoms with Gasteiger partial charge in [0.05, 0.1) is 19.9 Å². The van der Waals surface area contributed by atoms with Crippen LogP contribution >= 0.6 is 0 Å². The zero-order chi connectivity index (χ0) is 19.8. The fourth-order valence-electron chi connectivity index (χ4n) is 3.48. The van der Waals surface area contributed by atoms with Crippen molar-refractivity contribution in [1.29, 1.82) is 0 Å². The van der Waals surface area contributed by atoms with E-state index in [1.807, 2.05) is 19.1 Å². The number of methoxy groups -OCH3 is 2. The van der Waals surface area contributed by atoms with Gasteiger partial charge in [-0.2, -0.15) is 14.9 Å². The topological polar surface area (TPSA) is 111 Å². The molecule has 0 unspecified atom stereocenters. The second-order valence-corrected chi connectivity index (χ2v) is 6.49. The van der Waals surface area contributed by atoms with E-state index in [4.69, 9.17) is 9.47 Å². The first kappa shape index (κ1) is 17.8. The minimum absolute atomic E-state index is 0.134. The zero-order valence-corrected chi connectivity index (χ0v) is 15.6. The number of hydrogen-bond acceptors (Lipinski definition) is 6. The van der Waals surface area contributed by atoms with Gasteiger partial charge in [-0.3, -0.25) is 9.59 Å². The van der Waals surface area contributed by atoms with Crippen LogP contribution in [0.1, 0.15) is 29.2 Å². The number of carbonyl (C=O) groups is 1. The summed E-state index contributed by atoms with van der Waals surface area (Å²) in [7, 11) is 3.17. The molecule has 0 saturated heterocycles. The highest BCUT2D eigenvalue weighted by atomic mass is 16.5. The molecule has 1 aromatic carbocycles. The largest absolute Gasteiger partial charge is 0.497 e. The molecule has 1 aliphatic rings. The lowest BCUT2D eigenvalue weighted by atomic mass is 9.85. The molecule has 0 radical (unpaired) electrons. The minimum atomic E-state index is -0.313. The van der Waals surface area contributed by atoms with Gasteiger partial charge < -0.3 is 14.8 Å². The average Bonchev–Trinajstić information content (AvgIpc) is 3.03. The van der Waals surface area contributed by atoms with E-state index in [0.29, 0.717) is 23.1 Å². The quantitative estimate of drug-likeness (QED) is 0.712. The molecular weight excluding hydrogens is 362 g/mol. The van der Waals surface area contributed by atoms with Crippen LogP contribution in [0.25, 0.3) is 5.82 Å². The second-order valence-electron chi connectivity index (χ2n) is 6.49. The molecule has 3 aromatic rings. The fourth-order valence-corrected chi connectivity index (χ4v) is 3.48. The van der Waals surface area contributed by atoms with E-state index in [2.05, 4.69) is 20.6 Å². The van der Waals surface area contributed by atoms with Crippen LogP contribution < -0.4 is 20.3 Å². The summed E-state index contributed by atoms with van der Waals surface area (Å²) in [6, 6.07) is 8.49. The standard InChI is InChI=1S/C19H19N5O4/c1-10-18-14(11-6-12(27-2)8-13(7-11)28-3)9-17(26)20-19(18)24(23-10)15-4-5-16(25)22-21-15/h4-8,14H,9H2,1-3H3,(H,20,26)(H,22,25)/t14-/m0/s1. The van der Waals surface area contributed by atoms with Crippen molar-refractivity contribution < 1.29 is 14.3 Å². The molecule has 0 bridgehead atoms. The number of nitrogens with zero attached hydrogens (tertiary/aromatic N) is 3. The van der Waals surface area contributed by atoms with Crippen molar-refractivity contribution in [1.82, 2.24) is 20.0 Å². The highest BCUT2D eigenvalue weighted by Gasteiger charge is 2.33. The van der Waals surface area contributed by atoms with Crippen molar-refractivity contribution in [2.45, 2.75) is 19.3 Å². The fraction of sp³-hybridized carbons (Fsp3) is 0.263. The molecule has 3 heterocycles. The molecular formula is C19H19N5O4. The van der Waals surface area contributed by atoms with Gasteiger partial charge in [-0.1, -0.05) is 0 Å². The molecule has 0 aliphatic carbocycles. The maximum atomic E-state index is 12.5. The van der Waals surface area contributed by atoms with Crippen molar-refractivity contribution in [2.75, 3.05) is 19.5 Å². The molecule has 144 valence electrons. The molecule has 1 amide bonds. The van der Waals surface area contributed by atoms with Crippen molar-refractivity contribution in [3.8, 4) is 17.3 Å². The molecule has 0 fully saturated rings. The summed E-state index contributed by atoms with van der Waals surface area (Å²) in [5.74, 6) is 1.89. The van der Waals surface area contributed by atoms with E-state index in [1.165, 1.54) is 10.7 Å². The molecule has 1 aliphatic heterocycles. The Hall–Kier alpha value is -3.62. The summed E-state index contributed by atoms with van der Waals surface area (Å²) < 4.78 is 12.3. The van der Waals surface area contributed by atoms with Gasteiger partial charge in [-0.15, -0.1) is 0 Å². The van der Waals surface area contributed by atoms with Crippen LogP contribution in [0.5, 0.6) is 11.5 Å². The minimum Gasteiger partial charge on any atom is -0.497 e. The van der Waals surface area contributed by atoms with Crippen LogP contribution in [0, 0.1) is 6.92 Å². The van der Waals surface area contributed by atoms with Gasteiger partial charge in [0.25, 0.3) is 5.56 Å². The number of aryl methyl sites for hydroxylation is 1. The summed E-state index contributed by atoms with van der Waals surface area (Å²) in [6.07, 6.45) is 0.273. The number of amides is 1. The predicted octanol–water partition coefficient (Wildman–Crippen LogP) is 1.76. The number of fused-ring (bicyclic) bond motifs is 1. The van der Waals surface area contributed by atoms with Crippen LogP contribution in [0.3, 0.4) is 0 Å². The van der Waals surface area contributed by atoms with Crippen molar-refractivity contribution in [3.05, 3.63) is 57.5 Å². The van der Waals surface area contributed by atoms with Gasteiger partial charge in [0.15, 0.2) is 5.82 Å². The molecule has 2 aromatic heterocycles. The number of benzene rings is 1. The second kappa shape index (κ2) is 6.84. The van der Waals surface area contributed by atoms with Gasteiger partial charge in [0.2, 0.25) is 5.91 Å². The Morgan fingerprint density at radius 1 is 1.11 bits per heavy atom. The predicted molar refractivity (Wildman–Crippen MR) is 101 cm³/mol. The third-order valence-corrected chi connectivity index (χ3v) is 4.76. The zero-order valence-electron chi connectivity index (χ0n) is 15.6. The molecule has 2 N–H and O–H groups in total. The summed E-state index contributed by atoms with van der Waals surface area (Å²) >= 11 is 0. The van der Waals surface area contributed by atoms with Crippen LogP contribution in [-0.4, -0.2) is 40.1 Å². The number of aromatic amines is 1. The lowest BCUT2D eigenvalue weighted by molar-refractivity contribution is -0.116. The Labute approximate surface area is 160 Å². The number of ether oxygens (including phenoxy) is 2. The Balaban J connectivity index is 1.87. The normalized spacial score (nSPS) is 15.7. The summed E-state index contributed by atoms with van der Waals surface area (Å²) in [5.41, 5.74) is 2.23. The summed E-state index contributed by atoms with van der Waals surface area (Å²) in [5, 5.41) is 13.8. The van der Waals surface area contributed by atoms with Crippen molar-refractivity contribution in [2.24, 2.45) is 0 Å². The van der Waals surface area contributed by atoms with Crippen LogP contribution in [0.2, 0.25) is 0 Å². The van der Waals surface area contributed by atoms with E-state index in [9.17, 15) is 9.59 Å². The molecule has 0 spiro atoms. The molecule has 4 rings (SSSR count). The molecule has 28 heavy (non-hydrogen) atoms. The Morgan fingerprint density at radius 2 is 1.82 bits per heavy atom. The maximum Gasteiger partial charge on any atom is 0.264 e. The number of carbonyl (C=O) groups excluding carboxylic acids is 1. The van der Waals surface area contributed by atoms with E-state index < -0.39 is 0 Å². The van der Waals surface area contributed by atoms with Gasteiger partial charge in [0.1, 0.15) is 17.3 Å². The number of aromatic nitrogens is 4. The smallest absolute Gasteiger partial charge is 0.264 e. The van der Waals surface area contributed by atoms with Crippen molar-refractivity contribution in [3.63, 3.8) is 0 Å². The van der Waals surface area contributed by atoms with E-state index >= 15 is 0 Å². The first-order valence-electron chi connectivity index (χ1n) is 8.68. The molecule has 9 nitrogen and oxygen atoms in total. The highest BCUT2D eigenvalue weighted by molar-refractivity contribution is 5.95. The number of H-pyrrole nitrogens is 1. The number of hydrogen-bond donors (Lipinski definition) is 2. The van der Waals surface area contributed by atoms with E-state index in [1.54, 1.807) is 26.4 Å². The van der Waals surface area contributed by atoms with Gasteiger partial charge >= 0.3 is 0 Å². The summed E-state index contributed by atoms with van der Waals surface area (Å²) in [4.78, 5) is 23.8. The molecule has 0 saturated carbocycles. The lowest BCUT2D eigenvalue weighted by Crippen LogP contribution is -2.25. The van der Waals surface area contributed by atoms with Crippen LogP contribution in [0.15, 0.2) is 35.1 Å². The Bertz CT molecular complexity index is 1080. The van der Waals surface area contributed by atoms with Gasteiger partial charge in [-0.25, -0.2) is 5.10 Å². The number of rotatable bonds is 4. The van der Waals surface area contributed by atoms with E-state index in [-0.39, 0.29) is 23.8 Å². The Kier molecular flexibility index (Phi) is 4.34. The van der Waals surface area contributed by atoms with Crippen LogP contribution in [-0.2, 0) is 4.79 Å². The number of anilines is 1. The number of nitrogens with one attached hydrogen (secondary N) is 2. The molecule has 1 atom stereocenters. The first-order valence-corrected chi connectivity index (χ1v) is 8.68. The van der Waals surface area contributed by atoms with E-state index in [0.717, 1.165) is 16.8 Å². The SMILES string of the molecule is COc1cc(OC)cc([C@@H]2CC(=O)Nc3c2c(C)nn3-c2ccc(=O)[nH]n2)c1. The van der Waals surface area contributed by atoms with Crippen LogP contribution in [0.4, 0.5) is 5.82 Å². The van der Waals surface area contributed by atoms with Gasteiger partial charge in [0, 0.05) is 30.0 Å². The van der Waals surface area contributed by atoms with Gasteiger partial charge in [-0.05, 0) is 30.7 Å². The average molecular weight is 381 g/mol.